The van der Waals surface area contributed by atoms with E-state index in [1.54, 1.807) is 24.3 Å². The minimum absolute atomic E-state index is 0.0607. The van der Waals surface area contributed by atoms with Crippen LogP contribution >= 0.6 is 0 Å². The molecule has 1 amide bonds. The molecule has 3 rings (SSSR count). The number of hydrogen-bond acceptors (Lipinski definition) is 3. The van der Waals surface area contributed by atoms with Gasteiger partial charge in [0, 0.05) is 17.8 Å². The highest BCUT2D eigenvalue weighted by molar-refractivity contribution is 6.05. The molecule has 4 nitrogen and oxygen atoms in total. The molecule has 156 valence electrons. The zero-order valence-electron chi connectivity index (χ0n) is 16.6. The minimum Gasteiger partial charge on any atom is -0.397 e. The fraction of sp³-hybridized carbons (Fsp3) is 0.174. The number of aryl methyl sites for hydroxylation is 2. The van der Waals surface area contributed by atoms with Crippen molar-refractivity contribution in [1.82, 2.24) is 0 Å². The number of nitrogens with one attached hydrogen (secondary N) is 2. The maximum atomic E-state index is 12.9. The van der Waals surface area contributed by atoms with E-state index >= 15 is 0 Å². The van der Waals surface area contributed by atoms with Crippen molar-refractivity contribution in [3.63, 3.8) is 0 Å². The van der Waals surface area contributed by atoms with E-state index in [9.17, 15) is 18.0 Å². The predicted octanol–water partition coefficient (Wildman–Crippen LogP) is 5.77. The van der Waals surface area contributed by atoms with Crippen LogP contribution in [0.5, 0.6) is 0 Å². The van der Waals surface area contributed by atoms with E-state index in [0.717, 1.165) is 29.4 Å². The van der Waals surface area contributed by atoms with Gasteiger partial charge in [0.15, 0.2) is 0 Å². The van der Waals surface area contributed by atoms with Crippen molar-refractivity contribution in [3.8, 4) is 0 Å². The van der Waals surface area contributed by atoms with E-state index in [0.29, 0.717) is 12.1 Å². The van der Waals surface area contributed by atoms with Crippen LogP contribution in [0.15, 0.2) is 60.7 Å². The Morgan fingerprint density at radius 1 is 0.933 bits per heavy atom. The first-order valence-corrected chi connectivity index (χ1v) is 9.31. The molecule has 0 bridgehead atoms. The first-order valence-electron chi connectivity index (χ1n) is 9.31. The topological polar surface area (TPSA) is 67.2 Å². The van der Waals surface area contributed by atoms with Gasteiger partial charge in [-0.2, -0.15) is 13.2 Å². The molecule has 0 aliphatic rings. The molecule has 7 heteroatoms. The fourth-order valence-electron chi connectivity index (χ4n) is 2.86. The zero-order valence-corrected chi connectivity index (χ0v) is 16.6. The summed E-state index contributed by atoms with van der Waals surface area (Å²) in [7, 11) is 0. The minimum atomic E-state index is -4.52. The summed E-state index contributed by atoms with van der Waals surface area (Å²) in [5, 5.41) is 5.77. The van der Waals surface area contributed by atoms with Gasteiger partial charge in [-0.15, -0.1) is 0 Å². The number of benzene rings is 3. The number of hydrogen-bond donors (Lipinski definition) is 3. The molecule has 3 aromatic carbocycles. The van der Waals surface area contributed by atoms with Gasteiger partial charge in [0.25, 0.3) is 5.91 Å². The van der Waals surface area contributed by atoms with Gasteiger partial charge in [0.1, 0.15) is 0 Å². The van der Waals surface area contributed by atoms with Gasteiger partial charge in [-0.25, -0.2) is 0 Å². The third kappa shape index (κ3) is 5.11. The van der Waals surface area contributed by atoms with E-state index in [4.69, 9.17) is 5.73 Å². The van der Waals surface area contributed by atoms with Gasteiger partial charge < -0.3 is 16.4 Å². The monoisotopic (exact) mass is 413 g/mol. The van der Waals surface area contributed by atoms with Crippen LogP contribution in [0.1, 0.15) is 32.6 Å². The number of carbonyl (C=O) groups is 1. The predicted molar refractivity (Wildman–Crippen MR) is 113 cm³/mol. The molecule has 0 heterocycles. The summed E-state index contributed by atoms with van der Waals surface area (Å²) in [4.78, 5) is 12.4. The number of nitrogens with two attached hydrogens (primary N) is 1. The number of rotatable bonds is 5. The van der Waals surface area contributed by atoms with Gasteiger partial charge in [0.05, 0.1) is 16.9 Å². The molecule has 0 aliphatic carbocycles. The van der Waals surface area contributed by atoms with Crippen LogP contribution in [0.2, 0.25) is 0 Å². The second-order valence-corrected chi connectivity index (χ2v) is 7.10. The van der Waals surface area contributed by atoms with Crippen molar-refractivity contribution in [2.24, 2.45) is 0 Å². The number of carbonyl (C=O) groups excluding carboxylic acids is 1. The van der Waals surface area contributed by atoms with Gasteiger partial charge >= 0.3 is 6.18 Å². The van der Waals surface area contributed by atoms with Gasteiger partial charge in [-0.3, -0.25) is 4.79 Å². The summed E-state index contributed by atoms with van der Waals surface area (Å²) in [6.45, 7) is 4.67. The van der Waals surface area contributed by atoms with E-state index in [1.165, 1.54) is 11.1 Å². The van der Waals surface area contributed by atoms with Crippen molar-refractivity contribution in [1.29, 1.82) is 0 Å². The Kier molecular flexibility index (Phi) is 6.01. The Labute approximate surface area is 172 Å². The number of amides is 1. The quantitative estimate of drug-likeness (QED) is 0.465. The zero-order chi connectivity index (χ0) is 21.9. The Balaban J connectivity index is 1.66. The molecule has 0 fully saturated rings. The lowest BCUT2D eigenvalue weighted by Crippen LogP contribution is -2.15. The second-order valence-electron chi connectivity index (χ2n) is 7.10. The van der Waals surface area contributed by atoms with Crippen molar-refractivity contribution in [3.05, 3.63) is 88.5 Å². The SMILES string of the molecule is Cc1ccc(NCc2ccc(C(=O)Nc3cc(C(F)(F)F)ccc3N)cc2)cc1C. The molecular formula is C23H22F3N3O. The molecule has 30 heavy (non-hydrogen) atoms. The smallest absolute Gasteiger partial charge is 0.397 e. The number of nitrogen functional groups attached to an aromatic ring is 1. The maximum absolute atomic E-state index is 12.9. The van der Waals surface area contributed by atoms with Crippen LogP contribution in [-0.4, -0.2) is 5.91 Å². The molecule has 0 radical (unpaired) electrons. The molecule has 0 unspecified atom stereocenters. The summed E-state index contributed by atoms with van der Waals surface area (Å²) in [6.07, 6.45) is -4.52. The van der Waals surface area contributed by atoms with E-state index < -0.39 is 17.6 Å². The Morgan fingerprint density at radius 2 is 1.63 bits per heavy atom. The molecule has 0 saturated heterocycles. The standard InChI is InChI=1S/C23H22F3N3O/c1-14-3-9-19(11-15(14)2)28-13-16-4-6-17(7-5-16)22(30)29-21-12-18(23(24,25)26)8-10-20(21)27/h3-12,28H,13,27H2,1-2H3,(H,29,30). The average molecular weight is 413 g/mol. The lowest BCUT2D eigenvalue weighted by Gasteiger charge is -2.13. The molecule has 0 spiro atoms. The molecule has 3 aromatic rings. The van der Waals surface area contributed by atoms with Crippen LogP contribution in [0, 0.1) is 13.8 Å². The van der Waals surface area contributed by atoms with E-state index in [-0.39, 0.29) is 11.4 Å². The summed E-state index contributed by atoms with van der Waals surface area (Å²) in [5.74, 6) is -0.533. The van der Waals surface area contributed by atoms with E-state index in [1.807, 2.05) is 19.1 Å². The highest BCUT2D eigenvalue weighted by Gasteiger charge is 2.31. The van der Waals surface area contributed by atoms with Crippen molar-refractivity contribution < 1.29 is 18.0 Å². The number of anilines is 3. The van der Waals surface area contributed by atoms with Crippen LogP contribution < -0.4 is 16.4 Å². The normalized spacial score (nSPS) is 11.2. The van der Waals surface area contributed by atoms with Crippen molar-refractivity contribution in [2.45, 2.75) is 26.6 Å². The molecule has 0 aromatic heterocycles. The number of halogens is 3. The van der Waals surface area contributed by atoms with Crippen LogP contribution in [0.25, 0.3) is 0 Å². The Morgan fingerprint density at radius 3 is 2.27 bits per heavy atom. The van der Waals surface area contributed by atoms with Crippen LogP contribution in [-0.2, 0) is 12.7 Å². The highest BCUT2D eigenvalue weighted by Crippen LogP contribution is 2.33. The van der Waals surface area contributed by atoms with Crippen molar-refractivity contribution in [2.75, 3.05) is 16.4 Å². The molecule has 0 saturated carbocycles. The van der Waals surface area contributed by atoms with Crippen LogP contribution in [0.3, 0.4) is 0 Å². The molecular weight excluding hydrogens is 391 g/mol. The third-order valence-corrected chi connectivity index (χ3v) is 4.85. The maximum Gasteiger partial charge on any atom is 0.416 e. The number of alkyl halides is 3. The summed E-state index contributed by atoms with van der Waals surface area (Å²) in [6, 6.07) is 15.8. The molecule has 4 N–H and O–H groups in total. The Hall–Kier alpha value is -3.48. The van der Waals surface area contributed by atoms with Gasteiger partial charge in [0.2, 0.25) is 0 Å². The first-order chi connectivity index (χ1) is 14.1. The average Bonchev–Trinajstić information content (AvgIpc) is 2.70. The fourth-order valence-corrected chi connectivity index (χ4v) is 2.86. The second kappa shape index (κ2) is 8.49. The lowest BCUT2D eigenvalue weighted by atomic mass is 10.1. The third-order valence-electron chi connectivity index (χ3n) is 4.85. The van der Waals surface area contributed by atoms with Gasteiger partial charge in [-0.1, -0.05) is 18.2 Å². The molecule has 0 atom stereocenters. The summed E-state index contributed by atoms with van der Waals surface area (Å²) in [5.41, 5.74) is 9.52. The van der Waals surface area contributed by atoms with E-state index in [2.05, 4.69) is 23.6 Å². The highest BCUT2D eigenvalue weighted by atomic mass is 19.4. The van der Waals surface area contributed by atoms with Gasteiger partial charge in [-0.05, 0) is 73.0 Å². The van der Waals surface area contributed by atoms with Crippen LogP contribution in [0.4, 0.5) is 30.2 Å². The Bertz CT molecular complexity index is 1060. The lowest BCUT2D eigenvalue weighted by molar-refractivity contribution is -0.137. The summed E-state index contributed by atoms with van der Waals surface area (Å²) < 4.78 is 38.6. The largest absolute Gasteiger partial charge is 0.416 e. The summed E-state index contributed by atoms with van der Waals surface area (Å²) >= 11 is 0. The van der Waals surface area contributed by atoms with Crippen molar-refractivity contribution >= 4 is 23.0 Å². The first kappa shape index (κ1) is 21.2. The molecule has 0 aliphatic heterocycles.